The Balaban J connectivity index is 1.76. The van der Waals surface area contributed by atoms with Gasteiger partial charge in [-0.2, -0.15) is 5.10 Å². The minimum Gasteiger partial charge on any atom is -0.496 e. The van der Waals surface area contributed by atoms with Crippen LogP contribution in [0, 0.1) is 6.92 Å². The number of rotatable bonds is 7. The summed E-state index contributed by atoms with van der Waals surface area (Å²) in [4.78, 5) is 27.2. The Bertz CT molecular complexity index is 1080. The molecular weight excluding hydrogens is 368 g/mol. The van der Waals surface area contributed by atoms with Crippen LogP contribution in [0.2, 0.25) is 0 Å². The largest absolute Gasteiger partial charge is 0.496 e. The number of ether oxygens (including phenoxy) is 1. The van der Waals surface area contributed by atoms with E-state index in [0.29, 0.717) is 17.6 Å². The van der Waals surface area contributed by atoms with Crippen LogP contribution in [0.3, 0.4) is 0 Å². The van der Waals surface area contributed by atoms with E-state index in [4.69, 9.17) is 4.74 Å². The molecule has 7 nitrogen and oxygen atoms in total. The third-order valence-electron chi connectivity index (χ3n) is 4.96. The summed E-state index contributed by atoms with van der Waals surface area (Å²) in [6.45, 7) is 2.09. The van der Waals surface area contributed by atoms with Gasteiger partial charge in [0, 0.05) is 17.5 Å². The number of para-hydroxylation sites is 1. The van der Waals surface area contributed by atoms with Crippen molar-refractivity contribution in [3.63, 3.8) is 0 Å². The number of hydrogen-bond acceptors (Lipinski definition) is 5. The second kappa shape index (κ2) is 8.87. The Labute approximate surface area is 169 Å². The van der Waals surface area contributed by atoms with Gasteiger partial charge in [-0.15, -0.1) is 0 Å². The number of likely N-dealkylation sites (N-methyl/N-ethyl adjacent to an activating group) is 1. The van der Waals surface area contributed by atoms with E-state index in [1.54, 1.807) is 13.2 Å². The first kappa shape index (κ1) is 20.5. The number of methoxy groups -OCH3 is 1. The number of hydrogen-bond donors (Lipinski definition) is 1. The zero-order valence-corrected chi connectivity index (χ0v) is 17.2. The minimum atomic E-state index is -0.268. The second-order valence-corrected chi connectivity index (χ2v) is 7.12. The Morgan fingerprint density at radius 3 is 2.48 bits per heavy atom. The number of carbonyl (C=O) groups excluding carboxylic acids is 1. The van der Waals surface area contributed by atoms with E-state index in [-0.39, 0.29) is 24.1 Å². The number of aryl methyl sites for hydroxylation is 1. The average Bonchev–Trinajstić information content (AvgIpc) is 2.72. The second-order valence-electron chi connectivity index (χ2n) is 7.12. The van der Waals surface area contributed by atoms with Gasteiger partial charge in [-0.25, -0.2) is 4.68 Å². The molecule has 0 saturated carbocycles. The first-order valence-electron chi connectivity index (χ1n) is 9.45. The van der Waals surface area contributed by atoms with Gasteiger partial charge in [0.15, 0.2) is 0 Å². The molecule has 2 aromatic carbocycles. The van der Waals surface area contributed by atoms with Gasteiger partial charge in [0.05, 0.1) is 24.2 Å². The molecule has 0 bridgehead atoms. The topological polar surface area (TPSA) is 76.5 Å². The summed E-state index contributed by atoms with van der Waals surface area (Å²) in [7, 11) is 5.52. The van der Waals surface area contributed by atoms with Crippen LogP contribution in [-0.2, 0) is 11.3 Å². The molecule has 3 rings (SSSR count). The van der Waals surface area contributed by atoms with Gasteiger partial charge in [0.25, 0.3) is 5.56 Å². The Morgan fingerprint density at radius 2 is 1.79 bits per heavy atom. The van der Waals surface area contributed by atoms with Gasteiger partial charge in [0.1, 0.15) is 12.3 Å². The van der Waals surface area contributed by atoms with Crippen molar-refractivity contribution >= 4 is 16.7 Å². The van der Waals surface area contributed by atoms with Gasteiger partial charge in [-0.1, -0.05) is 36.4 Å². The molecule has 0 radical (unpaired) electrons. The molecule has 0 spiro atoms. The number of amides is 1. The quantitative estimate of drug-likeness (QED) is 0.664. The van der Waals surface area contributed by atoms with Crippen LogP contribution in [0.4, 0.5) is 0 Å². The molecule has 29 heavy (non-hydrogen) atoms. The van der Waals surface area contributed by atoms with E-state index in [1.165, 1.54) is 4.68 Å². The number of nitrogens with one attached hydrogen (secondary N) is 1. The summed E-state index contributed by atoms with van der Waals surface area (Å²) in [5.41, 5.74) is 1.43. The zero-order valence-electron chi connectivity index (χ0n) is 17.2. The van der Waals surface area contributed by atoms with Crippen LogP contribution in [0.1, 0.15) is 17.3 Å². The highest BCUT2D eigenvalue weighted by Crippen LogP contribution is 2.27. The van der Waals surface area contributed by atoms with Gasteiger partial charge >= 0.3 is 0 Å². The summed E-state index contributed by atoms with van der Waals surface area (Å²) < 4.78 is 6.68. The van der Waals surface area contributed by atoms with E-state index < -0.39 is 0 Å². The first-order chi connectivity index (χ1) is 13.9. The highest BCUT2D eigenvalue weighted by Gasteiger charge is 2.19. The minimum absolute atomic E-state index is 0.0712. The first-order valence-corrected chi connectivity index (χ1v) is 9.45. The van der Waals surface area contributed by atoms with Crippen molar-refractivity contribution in [1.29, 1.82) is 0 Å². The molecule has 3 aromatic rings. The summed E-state index contributed by atoms with van der Waals surface area (Å²) in [6, 6.07) is 14.9. The molecule has 0 aliphatic carbocycles. The molecule has 1 aromatic heterocycles. The number of nitrogens with zero attached hydrogens (tertiary/aromatic N) is 3. The van der Waals surface area contributed by atoms with Crippen molar-refractivity contribution in [3.8, 4) is 5.75 Å². The van der Waals surface area contributed by atoms with E-state index in [0.717, 1.165) is 16.7 Å². The maximum atomic E-state index is 12.7. The van der Waals surface area contributed by atoms with Crippen LogP contribution in [0.15, 0.2) is 53.3 Å². The summed E-state index contributed by atoms with van der Waals surface area (Å²) in [5, 5.41) is 8.59. The molecule has 0 aliphatic heterocycles. The smallest absolute Gasteiger partial charge is 0.275 e. The number of benzene rings is 2. The number of carbonyl (C=O) groups is 1. The fourth-order valence-electron chi connectivity index (χ4n) is 3.43. The summed E-state index contributed by atoms with van der Waals surface area (Å²) in [5.74, 6) is 0.500. The van der Waals surface area contributed by atoms with Crippen LogP contribution < -0.4 is 15.6 Å². The van der Waals surface area contributed by atoms with Crippen molar-refractivity contribution in [2.45, 2.75) is 19.5 Å². The Hall–Kier alpha value is -3.19. The van der Waals surface area contributed by atoms with Gasteiger partial charge in [-0.3, -0.25) is 9.59 Å². The maximum absolute atomic E-state index is 12.7. The molecule has 1 heterocycles. The number of aromatic nitrogens is 2. The van der Waals surface area contributed by atoms with Crippen molar-refractivity contribution in [3.05, 3.63) is 70.1 Å². The highest BCUT2D eigenvalue weighted by atomic mass is 16.5. The molecule has 0 aliphatic rings. The van der Waals surface area contributed by atoms with Gasteiger partial charge < -0.3 is 15.0 Å². The van der Waals surface area contributed by atoms with Gasteiger partial charge in [0.2, 0.25) is 5.91 Å². The summed E-state index contributed by atoms with van der Waals surface area (Å²) in [6.07, 6.45) is 0. The lowest BCUT2D eigenvalue weighted by Crippen LogP contribution is -2.38. The molecule has 0 saturated heterocycles. The van der Waals surface area contributed by atoms with E-state index in [1.807, 2.05) is 68.4 Å². The Morgan fingerprint density at radius 1 is 1.14 bits per heavy atom. The van der Waals surface area contributed by atoms with Crippen LogP contribution in [0.25, 0.3) is 10.8 Å². The molecular formula is C22H26N4O3. The monoisotopic (exact) mass is 394 g/mol. The number of fused-ring (bicyclic) bond motifs is 1. The van der Waals surface area contributed by atoms with Crippen molar-refractivity contribution < 1.29 is 9.53 Å². The van der Waals surface area contributed by atoms with Crippen molar-refractivity contribution in [2.24, 2.45) is 0 Å². The third-order valence-corrected chi connectivity index (χ3v) is 4.96. The SMILES string of the molecule is COc1ccccc1[C@H](CNC(=O)Cn1nc(C)c2ccccc2c1=O)N(C)C. The van der Waals surface area contributed by atoms with E-state index in [9.17, 15) is 9.59 Å². The van der Waals surface area contributed by atoms with Gasteiger partial charge in [-0.05, 0) is 33.2 Å². The Kier molecular flexibility index (Phi) is 6.29. The van der Waals surface area contributed by atoms with Crippen LogP contribution in [0.5, 0.6) is 5.75 Å². The summed E-state index contributed by atoms with van der Waals surface area (Å²) >= 11 is 0. The molecule has 1 amide bonds. The van der Waals surface area contributed by atoms with Crippen molar-refractivity contribution in [2.75, 3.05) is 27.7 Å². The fourth-order valence-corrected chi connectivity index (χ4v) is 3.43. The predicted octanol–water partition coefficient (Wildman–Crippen LogP) is 2.13. The van der Waals surface area contributed by atoms with Crippen molar-refractivity contribution in [1.82, 2.24) is 20.0 Å². The average molecular weight is 394 g/mol. The fraction of sp³-hybridized carbons (Fsp3) is 0.318. The molecule has 0 unspecified atom stereocenters. The van der Waals surface area contributed by atoms with E-state index >= 15 is 0 Å². The van der Waals surface area contributed by atoms with Crippen LogP contribution in [-0.4, -0.2) is 48.3 Å². The third kappa shape index (κ3) is 4.46. The predicted molar refractivity (Wildman–Crippen MR) is 113 cm³/mol. The molecule has 152 valence electrons. The van der Waals surface area contributed by atoms with E-state index in [2.05, 4.69) is 10.4 Å². The lowest BCUT2D eigenvalue weighted by Gasteiger charge is -2.26. The lowest BCUT2D eigenvalue weighted by atomic mass is 10.0. The standard InChI is InChI=1S/C22H26N4O3/c1-15-16-9-5-6-10-17(16)22(28)26(24-15)14-21(27)23-13-19(25(2)3)18-11-7-8-12-20(18)29-4/h5-12,19H,13-14H2,1-4H3,(H,23,27)/t19-/m0/s1. The maximum Gasteiger partial charge on any atom is 0.275 e. The molecule has 0 fully saturated rings. The zero-order chi connectivity index (χ0) is 21.0. The molecule has 7 heteroatoms. The lowest BCUT2D eigenvalue weighted by molar-refractivity contribution is -0.122. The normalized spacial score (nSPS) is 12.2. The molecule has 1 atom stereocenters. The highest BCUT2D eigenvalue weighted by molar-refractivity contribution is 5.83. The van der Waals surface area contributed by atoms with Crippen LogP contribution >= 0.6 is 0 Å². The molecule has 1 N–H and O–H groups in total.